The van der Waals surface area contributed by atoms with E-state index < -0.39 is 17.6 Å². The molecule has 0 bridgehead atoms. The van der Waals surface area contributed by atoms with Crippen molar-refractivity contribution in [2.24, 2.45) is 11.5 Å². The van der Waals surface area contributed by atoms with Crippen LogP contribution in [0, 0.1) is 5.82 Å². The summed E-state index contributed by atoms with van der Waals surface area (Å²) in [6.45, 7) is 4.41. The summed E-state index contributed by atoms with van der Waals surface area (Å²) < 4.78 is 14.0. The molecule has 1 atom stereocenters. The number of hydrogen-bond acceptors (Lipinski definition) is 4. The third kappa shape index (κ3) is 7.42. The van der Waals surface area contributed by atoms with Crippen LogP contribution in [0.25, 0.3) is 11.1 Å². The van der Waals surface area contributed by atoms with Gasteiger partial charge in [0.2, 0.25) is 11.8 Å². The standard InChI is InChI=1S/C30H34FN5O3/c1-30(2,33)15-27(37)35-26-14-23-13-24(31)12-11-22(23)18-36(28(26)38)17-19-7-9-20(10-8-19)25-6-4-3-5-21(25)16-34-29(32)39/h3-13,26H,14-18,33H2,1-2H3,(H,35,37)(H3,32,34,39)/t26-/m1/s1. The minimum Gasteiger partial charge on any atom is -0.352 e. The number of fused-ring (bicyclic) bond motifs is 1. The molecule has 1 aliphatic rings. The Morgan fingerprint density at radius 3 is 2.46 bits per heavy atom. The van der Waals surface area contributed by atoms with Crippen molar-refractivity contribution in [2.75, 3.05) is 0 Å². The minimum atomic E-state index is -0.827. The van der Waals surface area contributed by atoms with E-state index in [1.165, 1.54) is 12.1 Å². The van der Waals surface area contributed by atoms with E-state index in [1.54, 1.807) is 24.8 Å². The van der Waals surface area contributed by atoms with Crippen molar-refractivity contribution in [3.63, 3.8) is 0 Å². The summed E-state index contributed by atoms with van der Waals surface area (Å²) in [5.74, 6) is -0.944. The first kappa shape index (κ1) is 27.8. The summed E-state index contributed by atoms with van der Waals surface area (Å²) in [6, 6.07) is 18.6. The predicted molar refractivity (Wildman–Crippen MR) is 147 cm³/mol. The molecule has 0 radical (unpaired) electrons. The summed E-state index contributed by atoms with van der Waals surface area (Å²) in [5.41, 5.74) is 15.8. The van der Waals surface area contributed by atoms with Crippen LogP contribution in [0.1, 0.15) is 42.5 Å². The second-order valence-electron chi connectivity index (χ2n) is 10.7. The maximum atomic E-state index is 14.0. The maximum Gasteiger partial charge on any atom is 0.312 e. The molecule has 39 heavy (non-hydrogen) atoms. The Bertz CT molecular complexity index is 1370. The van der Waals surface area contributed by atoms with Gasteiger partial charge in [-0.2, -0.15) is 0 Å². The molecule has 9 heteroatoms. The lowest BCUT2D eigenvalue weighted by Crippen LogP contribution is -2.50. The fraction of sp³-hybridized carbons (Fsp3) is 0.300. The van der Waals surface area contributed by atoms with E-state index in [0.717, 1.165) is 27.8 Å². The van der Waals surface area contributed by atoms with Gasteiger partial charge in [0.05, 0.1) is 0 Å². The zero-order valence-electron chi connectivity index (χ0n) is 22.2. The van der Waals surface area contributed by atoms with E-state index in [9.17, 15) is 18.8 Å². The first-order valence-corrected chi connectivity index (χ1v) is 12.8. The van der Waals surface area contributed by atoms with Gasteiger partial charge in [-0.1, -0.05) is 54.6 Å². The van der Waals surface area contributed by atoms with Crippen molar-refractivity contribution >= 4 is 17.8 Å². The fourth-order valence-electron chi connectivity index (χ4n) is 4.80. The van der Waals surface area contributed by atoms with Gasteiger partial charge < -0.3 is 27.0 Å². The molecule has 0 unspecified atom stereocenters. The number of halogens is 1. The zero-order chi connectivity index (χ0) is 28.2. The van der Waals surface area contributed by atoms with Crippen molar-refractivity contribution in [3.8, 4) is 11.1 Å². The van der Waals surface area contributed by atoms with Crippen LogP contribution in [0.15, 0.2) is 66.7 Å². The molecule has 0 spiro atoms. The van der Waals surface area contributed by atoms with Gasteiger partial charge in [-0.3, -0.25) is 9.59 Å². The summed E-state index contributed by atoms with van der Waals surface area (Å²) in [7, 11) is 0. The number of urea groups is 1. The monoisotopic (exact) mass is 531 g/mol. The van der Waals surface area contributed by atoms with Gasteiger partial charge in [0.15, 0.2) is 0 Å². The van der Waals surface area contributed by atoms with Crippen LogP contribution in [0.3, 0.4) is 0 Å². The molecular formula is C30H34FN5O3. The van der Waals surface area contributed by atoms with Crippen LogP contribution in [-0.2, 0) is 35.6 Å². The lowest BCUT2D eigenvalue weighted by atomic mass is 9.98. The molecule has 8 nitrogen and oxygen atoms in total. The van der Waals surface area contributed by atoms with Crippen LogP contribution >= 0.6 is 0 Å². The number of nitrogens with one attached hydrogen (secondary N) is 2. The van der Waals surface area contributed by atoms with Gasteiger partial charge >= 0.3 is 6.03 Å². The van der Waals surface area contributed by atoms with Gasteiger partial charge in [0.1, 0.15) is 11.9 Å². The average molecular weight is 532 g/mol. The molecule has 0 aliphatic carbocycles. The van der Waals surface area contributed by atoms with E-state index in [4.69, 9.17) is 11.5 Å². The van der Waals surface area contributed by atoms with E-state index >= 15 is 0 Å². The SMILES string of the molecule is CC(C)(N)CC(=O)N[C@@H]1Cc2cc(F)ccc2CN(Cc2ccc(-c3ccccc3CNC(N)=O)cc2)C1=O. The number of primary amides is 1. The zero-order valence-corrected chi connectivity index (χ0v) is 22.2. The number of nitrogens with two attached hydrogens (primary N) is 2. The highest BCUT2D eigenvalue weighted by molar-refractivity contribution is 5.88. The number of hydrogen-bond donors (Lipinski definition) is 4. The topological polar surface area (TPSA) is 131 Å². The van der Waals surface area contributed by atoms with Crippen LogP contribution in [-0.4, -0.2) is 34.3 Å². The summed E-state index contributed by atoms with van der Waals surface area (Å²) in [4.78, 5) is 39.1. The van der Waals surface area contributed by atoms with E-state index in [0.29, 0.717) is 25.2 Å². The first-order chi connectivity index (χ1) is 18.5. The van der Waals surface area contributed by atoms with Crippen molar-refractivity contribution in [1.82, 2.24) is 15.5 Å². The van der Waals surface area contributed by atoms with E-state index in [-0.39, 0.29) is 30.5 Å². The largest absolute Gasteiger partial charge is 0.352 e. The molecule has 4 rings (SSSR count). The van der Waals surface area contributed by atoms with Gasteiger partial charge in [0, 0.05) is 38.0 Å². The Labute approximate surface area is 227 Å². The van der Waals surface area contributed by atoms with Crippen LogP contribution in [0.4, 0.5) is 9.18 Å². The molecule has 0 saturated carbocycles. The molecule has 1 heterocycles. The Kier molecular flexibility index (Phi) is 8.30. The van der Waals surface area contributed by atoms with E-state index in [2.05, 4.69) is 10.6 Å². The van der Waals surface area contributed by atoms with E-state index in [1.807, 2.05) is 48.5 Å². The summed E-state index contributed by atoms with van der Waals surface area (Å²) >= 11 is 0. The second-order valence-corrected chi connectivity index (χ2v) is 10.7. The van der Waals surface area contributed by atoms with Crippen molar-refractivity contribution in [1.29, 1.82) is 0 Å². The third-order valence-corrected chi connectivity index (χ3v) is 6.62. The summed E-state index contributed by atoms with van der Waals surface area (Å²) in [5, 5.41) is 5.45. The molecule has 0 aromatic heterocycles. The van der Waals surface area contributed by atoms with Gasteiger partial charge in [-0.25, -0.2) is 9.18 Å². The minimum absolute atomic E-state index is 0.0602. The smallest absolute Gasteiger partial charge is 0.312 e. The second kappa shape index (κ2) is 11.7. The lowest BCUT2D eigenvalue weighted by molar-refractivity contribution is -0.137. The maximum absolute atomic E-state index is 14.0. The van der Waals surface area contributed by atoms with Crippen molar-refractivity contribution < 1.29 is 18.8 Å². The third-order valence-electron chi connectivity index (χ3n) is 6.62. The Morgan fingerprint density at radius 2 is 1.77 bits per heavy atom. The number of benzene rings is 3. The molecule has 6 N–H and O–H groups in total. The Hall–Kier alpha value is -4.24. The molecule has 4 amide bonds. The van der Waals surface area contributed by atoms with Gasteiger partial charge in [-0.05, 0) is 59.4 Å². The lowest BCUT2D eigenvalue weighted by Gasteiger charge is -2.26. The number of carbonyl (C=O) groups excluding carboxylic acids is 3. The first-order valence-electron chi connectivity index (χ1n) is 12.8. The molecule has 0 fully saturated rings. The average Bonchev–Trinajstić information content (AvgIpc) is 2.98. The van der Waals surface area contributed by atoms with Crippen molar-refractivity contribution in [2.45, 2.75) is 57.9 Å². The Balaban J connectivity index is 1.56. The number of carbonyl (C=O) groups is 3. The molecule has 3 aromatic rings. The van der Waals surface area contributed by atoms with Crippen LogP contribution in [0.5, 0.6) is 0 Å². The normalized spacial score (nSPS) is 15.3. The van der Waals surface area contributed by atoms with Crippen LogP contribution < -0.4 is 22.1 Å². The highest BCUT2D eigenvalue weighted by atomic mass is 19.1. The van der Waals surface area contributed by atoms with Crippen LogP contribution in [0.2, 0.25) is 0 Å². The summed E-state index contributed by atoms with van der Waals surface area (Å²) in [6.07, 6.45) is 0.263. The number of amides is 4. The van der Waals surface area contributed by atoms with Crippen molar-refractivity contribution in [3.05, 3.63) is 94.8 Å². The number of rotatable bonds is 8. The highest BCUT2D eigenvalue weighted by Crippen LogP contribution is 2.26. The molecular weight excluding hydrogens is 497 g/mol. The highest BCUT2D eigenvalue weighted by Gasteiger charge is 2.32. The molecule has 0 saturated heterocycles. The Morgan fingerprint density at radius 1 is 1.05 bits per heavy atom. The quantitative estimate of drug-likeness (QED) is 0.355. The molecule has 1 aliphatic heterocycles. The fourth-order valence-corrected chi connectivity index (χ4v) is 4.80. The predicted octanol–water partition coefficient (Wildman–Crippen LogP) is 3.36. The van der Waals surface area contributed by atoms with Gasteiger partial charge in [-0.15, -0.1) is 0 Å². The molecule has 3 aromatic carbocycles. The number of nitrogens with zero attached hydrogens (tertiary/aromatic N) is 1. The van der Waals surface area contributed by atoms with Gasteiger partial charge in [0.25, 0.3) is 0 Å². The molecule has 204 valence electrons.